The molecule has 2 unspecified atom stereocenters. The zero-order valence-corrected chi connectivity index (χ0v) is 9.48. The van der Waals surface area contributed by atoms with Gasteiger partial charge in [0.05, 0.1) is 0 Å². The van der Waals surface area contributed by atoms with Gasteiger partial charge in [0.1, 0.15) is 0 Å². The van der Waals surface area contributed by atoms with Crippen molar-refractivity contribution in [3.63, 3.8) is 0 Å². The fourth-order valence-electron chi connectivity index (χ4n) is 0.884. The lowest BCUT2D eigenvalue weighted by Gasteiger charge is -2.28. The average Bonchev–Trinajstić information content (AvgIpc) is 2.04. The van der Waals surface area contributed by atoms with Gasteiger partial charge in [-0.25, -0.2) is 0 Å². The minimum atomic E-state index is -0.107. The van der Waals surface area contributed by atoms with Crippen LogP contribution in [0, 0.1) is 0 Å². The second kappa shape index (κ2) is 4.94. The zero-order chi connectivity index (χ0) is 10.5. The topological polar surface area (TPSA) is 64.1 Å². The van der Waals surface area contributed by atoms with Crippen LogP contribution in [0.1, 0.15) is 40.5 Å². The van der Waals surface area contributed by atoms with E-state index in [1.807, 2.05) is 0 Å². The third-order valence-electron chi connectivity index (χ3n) is 2.67. The molecule has 80 valence electrons. The van der Waals surface area contributed by atoms with Crippen LogP contribution in [0.25, 0.3) is 0 Å². The fraction of sp³-hybridized carbons (Fsp3) is 1.00. The standard InChI is InChI=1S/C10H25N3/c1-5-9(3,11)7-13-8-10(4,12)6-2/h13H,5-8,11-12H2,1-4H3. The Kier molecular flexibility index (Phi) is 4.89. The summed E-state index contributed by atoms with van der Waals surface area (Å²) in [6.45, 7) is 9.97. The molecule has 0 amide bonds. The van der Waals surface area contributed by atoms with Gasteiger partial charge in [-0.2, -0.15) is 0 Å². The van der Waals surface area contributed by atoms with Crippen LogP contribution < -0.4 is 16.8 Å². The van der Waals surface area contributed by atoms with E-state index in [1.54, 1.807) is 0 Å². The van der Waals surface area contributed by atoms with Gasteiger partial charge in [-0.05, 0) is 26.7 Å². The molecule has 3 nitrogen and oxygen atoms in total. The highest BCUT2D eigenvalue weighted by Gasteiger charge is 2.18. The Morgan fingerprint density at radius 3 is 1.46 bits per heavy atom. The second-order valence-corrected chi connectivity index (χ2v) is 4.62. The van der Waals surface area contributed by atoms with E-state index in [9.17, 15) is 0 Å². The number of rotatable bonds is 6. The van der Waals surface area contributed by atoms with Gasteiger partial charge in [0.15, 0.2) is 0 Å². The molecule has 0 fully saturated rings. The molecule has 0 aromatic carbocycles. The first kappa shape index (κ1) is 12.9. The molecule has 0 saturated carbocycles. The largest absolute Gasteiger partial charge is 0.324 e. The van der Waals surface area contributed by atoms with Crippen molar-refractivity contribution in [1.29, 1.82) is 0 Å². The van der Waals surface area contributed by atoms with Gasteiger partial charge in [0.25, 0.3) is 0 Å². The fourth-order valence-corrected chi connectivity index (χ4v) is 0.884. The molecule has 0 rings (SSSR count). The highest BCUT2D eigenvalue weighted by Crippen LogP contribution is 2.05. The predicted octanol–water partition coefficient (Wildman–Crippen LogP) is 0.831. The van der Waals surface area contributed by atoms with Gasteiger partial charge in [-0.1, -0.05) is 13.8 Å². The maximum atomic E-state index is 5.98. The first-order valence-corrected chi connectivity index (χ1v) is 5.11. The Labute approximate surface area is 82.3 Å². The van der Waals surface area contributed by atoms with Crippen LogP contribution in [0.15, 0.2) is 0 Å². The second-order valence-electron chi connectivity index (χ2n) is 4.62. The van der Waals surface area contributed by atoms with Crippen molar-refractivity contribution in [2.24, 2.45) is 11.5 Å². The quantitative estimate of drug-likeness (QED) is 0.577. The molecule has 0 spiro atoms. The lowest BCUT2D eigenvalue weighted by molar-refractivity contribution is 0.364. The SMILES string of the molecule is CCC(C)(N)CNCC(C)(N)CC. The molecule has 0 aromatic rings. The molecule has 0 bridgehead atoms. The Morgan fingerprint density at radius 2 is 1.23 bits per heavy atom. The van der Waals surface area contributed by atoms with Crippen molar-refractivity contribution in [3.8, 4) is 0 Å². The Hall–Kier alpha value is -0.120. The van der Waals surface area contributed by atoms with E-state index < -0.39 is 0 Å². The molecule has 0 saturated heterocycles. The van der Waals surface area contributed by atoms with Crippen molar-refractivity contribution in [1.82, 2.24) is 5.32 Å². The summed E-state index contributed by atoms with van der Waals surface area (Å²) in [4.78, 5) is 0. The average molecular weight is 187 g/mol. The summed E-state index contributed by atoms with van der Waals surface area (Å²) < 4.78 is 0. The van der Waals surface area contributed by atoms with Crippen molar-refractivity contribution >= 4 is 0 Å². The number of hydrogen-bond donors (Lipinski definition) is 3. The Bertz CT molecular complexity index is 125. The lowest BCUT2D eigenvalue weighted by atomic mass is 9.98. The first-order valence-electron chi connectivity index (χ1n) is 5.11. The maximum Gasteiger partial charge on any atom is 0.0249 e. The van der Waals surface area contributed by atoms with E-state index in [4.69, 9.17) is 11.5 Å². The van der Waals surface area contributed by atoms with Gasteiger partial charge in [0.2, 0.25) is 0 Å². The molecule has 3 heteroatoms. The maximum absolute atomic E-state index is 5.98. The molecule has 2 atom stereocenters. The van der Waals surface area contributed by atoms with E-state index in [0.29, 0.717) is 0 Å². The molecule has 0 radical (unpaired) electrons. The monoisotopic (exact) mass is 187 g/mol. The number of nitrogens with one attached hydrogen (secondary N) is 1. The molecule has 13 heavy (non-hydrogen) atoms. The molecule has 5 N–H and O–H groups in total. The van der Waals surface area contributed by atoms with Gasteiger partial charge < -0.3 is 16.8 Å². The molecule has 0 aliphatic heterocycles. The van der Waals surface area contributed by atoms with E-state index in [1.165, 1.54) is 0 Å². The molecular formula is C10H25N3. The molecular weight excluding hydrogens is 162 g/mol. The summed E-state index contributed by atoms with van der Waals surface area (Å²) >= 11 is 0. The van der Waals surface area contributed by atoms with Crippen LogP contribution in [0.2, 0.25) is 0 Å². The smallest absolute Gasteiger partial charge is 0.0249 e. The summed E-state index contributed by atoms with van der Waals surface area (Å²) in [5, 5.41) is 3.32. The van der Waals surface area contributed by atoms with Crippen molar-refractivity contribution in [2.75, 3.05) is 13.1 Å². The summed E-state index contributed by atoms with van der Waals surface area (Å²) in [5.74, 6) is 0. The Morgan fingerprint density at radius 1 is 0.923 bits per heavy atom. The minimum absolute atomic E-state index is 0.107. The summed E-state index contributed by atoms with van der Waals surface area (Å²) in [6, 6.07) is 0. The number of nitrogens with two attached hydrogens (primary N) is 2. The van der Waals surface area contributed by atoms with Crippen molar-refractivity contribution in [3.05, 3.63) is 0 Å². The first-order chi connectivity index (χ1) is 5.83. The van der Waals surface area contributed by atoms with Crippen LogP contribution in [0.4, 0.5) is 0 Å². The molecule has 0 aliphatic rings. The van der Waals surface area contributed by atoms with Crippen LogP contribution in [0.5, 0.6) is 0 Å². The van der Waals surface area contributed by atoms with Crippen LogP contribution in [0.3, 0.4) is 0 Å². The normalized spacial score (nSPS) is 20.8. The predicted molar refractivity (Wildman–Crippen MR) is 58.6 cm³/mol. The Balaban J connectivity index is 3.68. The third kappa shape index (κ3) is 6.02. The highest BCUT2D eigenvalue weighted by molar-refractivity contribution is 4.84. The van der Waals surface area contributed by atoms with Crippen molar-refractivity contribution in [2.45, 2.75) is 51.6 Å². The molecule has 0 aliphatic carbocycles. The molecule has 0 heterocycles. The minimum Gasteiger partial charge on any atom is -0.324 e. The zero-order valence-electron chi connectivity index (χ0n) is 9.48. The van der Waals surface area contributed by atoms with E-state index in [-0.39, 0.29) is 11.1 Å². The number of hydrogen-bond acceptors (Lipinski definition) is 3. The van der Waals surface area contributed by atoms with Gasteiger partial charge in [-0.15, -0.1) is 0 Å². The third-order valence-corrected chi connectivity index (χ3v) is 2.67. The summed E-state index contributed by atoms with van der Waals surface area (Å²) in [7, 11) is 0. The highest BCUT2D eigenvalue weighted by atomic mass is 15.0. The van der Waals surface area contributed by atoms with E-state index in [0.717, 1.165) is 25.9 Å². The summed E-state index contributed by atoms with van der Waals surface area (Å²) in [5.41, 5.74) is 11.8. The van der Waals surface area contributed by atoms with Gasteiger partial charge >= 0.3 is 0 Å². The van der Waals surface area contributed by atoms with Crippen molar-refractivity contribution < 1.29 is 0 Å². The lowest BCUT2D eigenvalue weighted by Crippen LogP contribution is -2.51. The summed E-state index contributed by atoms with van der Waals surface area (Å²) in [6.07, 6.45) is 1.96. The van der Waals surface area contributed by atoms with Gasteiger partial charge in [-0.3, -0.25) is 0 Å². The van der Waals surface area contributed by atoms with Crippen LogP contribution in [-0.4, -0.2) is 24.2 Å². The van der Waals surface area contributed by atoms with E-state index >= 15 is 0 Å². The van der Waals surface area contributed by atoms with E-state index in [2.05, 4.69) is 33.0 Å². The van der Waals surface area contributed by atoms with Crippen LogP contribution in [-0.2, 0) is 0 Å². The van der Waals surface area contributed by atoms with Gasteiger partial charge in [0, 0.05) is 24.2 Å². The van der Waals surface area contributed by atoms with Crippen LogP contribution >= 0.6 is 0 Å². The molecule has 0 aromatic heterocycles.